The highest BCUT2D eigenvalue weighted by Crippen LogP contribution is 2.21. The van der Waals surface area contributed by atoms with Crippen LogP contribution >= 0.6 is 23.4 Å². The fraction of sp³-hybridized carbons (Fsp3) is 0.286. The van der Waals surface area contributed by atoms with Crippen molar-refractivity contribution < 1.29 is 14.3 Å². The molecular weight excluding hydrogens is 354 g/mol. The molecule has 1 aromatic carbocycles. The van der Waals surface area contributed by atoms with E-state index in [1.165, 1.54) is 0 Å². The standard InChI is InChI=1S/C14H16ClN5O3S/c1-8-4-9(2-3-10(8)15)23-6-12-18-14(20-19-12)24-7-13(22)17-5-11(16)21/h2-4H,5-7H2,1H3,(H2,16,21)(H,17,22)(H,18,19,20). The number of aryl methyl sites for hydroxylation is 1. The Bertz CT molecular complexity index is 737. The third kappa shape index (κ3) is 5.74. The van der Waals surface area contributed by atoms with E-state index in [-0.39, 0.29) is 24.8 Å². The Balaban J connectivity index is 1.79. The summed E-state index contributed by atoms with van der Waals surface area (Å²) in [5.41, 5.74) is 5.86. The molecule has 0 saturated heterocycles. The Morgan fingerprint density at radius 2 is 2.25 bits per heavy atom. The van der Waals surface area contributed by atoms with E-state index >= 15 is 0 Å². The summed E-state index contributed by atoms with van der Waals surface area (Å²) in [5.74, 6) is 0.374. The molecule has 2 rings (SSSR count). The third-order valence-corrected chi connectivity index (χ3v) is 4.08. The predicted molar refractivity (Wildman–Crippen MR) is 89.8 cm³/mol. The van der Waals surface area contributed by atoms with Crippen LogP contribution in [0.5, 0.6) is 5.75 Å². The van der Waals surface area contributed by atoms with Crippen molar-refractivity contribution in [2.45, 2.75) is 18.7 Å². The fourth-order valence-electron chi connectivity index (χ4n) is 1.63. The number of thioether (sulfide) groups is 1. The van der Waals surface area contributed by atoms with E-state index in [2.05, 4.69) is 20.5 Å². The number of amides is 2. The molecule has 0 aliphatic rings. The van der Waals surface area contributed by atoms with Crippen molar-refractivity contribution >= 4 is 35.2 Å². The summed E-state index contributed by atoms with van der Waals surface area (Å²) < 4.78 is 5.60. The Labute approximate surface area is 147 Å². The molecule has 10 heteroatoms. The highest BCUT2D eigenvalue weighted by molar-refractivity contribution is 7.99. The number of carbonyl (C=O) groups excluding carboxylic acids is 2. The minimum absolute atomic E-state index is 0.0851. The topological polar surface area (TPSA) is 123 Å². The van der Waals surface area contributed by atoms with Crippen LogP contribution in [-0.4, -0.2) is 39.3 Å². The summed E-state index contributed by atoms with van der Waals surface area (Å²) in [4.78, 5) is 26.2. The monoisotopic (exact) mass is 369 g/mol. The van der Waals surface area contributed by atoms with Crippen LogP contribution in [0.4, 0.5) is 0 Å². The summed E-state index contributed by atoms with van der Waals surface area (Å²) in [7, 11) is 0. The van der Waals surface area contributed by atoms with Crippen molar-refractivity contribution in [3.05, 3.63) is 34.6 Å². The number of ether oxygens (including phenoxy) is 1. The van der Waals surface area contributed by atoms with Gasteiger partial charge in [0.1, 0.15) is 12.4 Å². The molecule has 1 aromatic heterocycles. The molecule has 8 nitrogen and oxygen atoms in total. The predicted octanol–water partition coefficient (Wildman–Crippen LogP) is 1.04. The van der Waals surface area contributed by atoms with Gasteiger partial charge in [0, 0.05) is 5.02 Å². The SMILES string of the molecule is Cc1cc(OCc2nc(SCC(=O)NCC(N)=O)n[nH]2)ccc1Cl. The van der Waals surface area contributed by atoms with Gasteiger partial charge in [-0.3, -0.25) is 14.7 Å². The van der Waals surface area contributed by atoms with Crippen LogP contribution in [0.1, 0.15) is 11.4 Å². The van der Waals surface area contributed by atoms with E-state index in [9.17, 15) is 9.59 Å². The molecule has 0 fully saturated rings. The number of halogens is 1. The van der Waals surface area contributed by atoms with Crippen molar-refractivity contribution in [1.82, 2.24) is 20.5 Å². The lowest BCUT2D eigenvalue weighted by atomic mass is 10.2. The zero-order valence-electron chi connectivity index (χ0n) is 12.8. The van der Waals surface area contributed by atoms with E-state index in [0.29, 0.717) is 21.8 Å². The Hall–Kier alpha value is -2.26. The minimum atomic E-state index is -0.594. The van der Waals surface area contributed by atoms with Gasteiger partial charge >= 0.3 is 0 Å². The largest absolute Gasteiger partial charge is 0.486 e. The van der Waals surface area contributed by atoms with Crippen LogP contribution in [0.2, 0.25) is 5.02 Å². The van der Waals surface area contributed by atoms with Crippen LogP contribution in [0.3, 0.4) is 0 Å². The van der Waals surface area contributed by atoms with Crippen molar-refractivity contribution in [3.8, 4) is 5.75 Å². The molecule has 2 aromatic rings. The number of hydrogen-bond donors (Lipinski definition) is 3. The van der Waals surface area contributed by atoms with Crippen LogP contribution < -0.4 is 15.8 Å². The van der Waals surface area contributed by atoms with Gasteiger partial charge in [-0.1, -0.05) is 23.4 Å². The molecule has 128 valence electrons. The van der Waals surface area contributed by atoms with Gasteiger partial charge in [0.2, 0.25) is 17.0 Å². The normalized spacial score (nSPS) is 10.4. The minimum Gasteiger partial charge on any atom is -0.486 e. The number of nitrogens with zero attached hydrogens (tertiary/aromatic N) is 2. The average molecular weight is 370 g/mol. The van der Waals surface area contributed by atoms with E-state index in [1.807, 2.05) is 13.0 Å². The Morgan fingerprint density at radius 1 is 1.46 bits per heavy atom. The number of aromatic nitrogens is 3. The molecule has 0 spiro atoms. The summed E-state index contributed by atoms with van der Waals surface area (Å²) >= 11 is 7.09. The molecule has 0 aliphatic heterocycles. The lowest BCUT2D eigenvalue weighted by Gasteiger charge is -2.05. The number of rotatable bonds is 8. The van der Waals surface area contributed by atoms with Crippen molar-refractivity contribution in [2.24, 2.45) is 5.73 Å². The number of benzene rings is 1. The third-order valence-electron chi connectivity index (χ3n) is 2.81. The second-order valence-electron chi connectivity index (χ2n) is 4.80. The van der Waals surface area contributed by atoms with Crippen LogP contribution in [0, 0.1) is 6.92 Å². The molecule has 0 unspecified atom stereocenters. The zero-order chi connectivity index (χ0) is 17.5. The summed E-state index contributed by atoms with van der Waals surface area (Å²) in [6.45, 7) is 1.91. The summed E-state index contributed by atoms with van der Waals surface area (Å²) in [6, 6.07) is 5.36. The van der Waals surface area contributed by atoms with Gasteiger partial charge in [-0.25, -0.2) is 4.98 Å². The first-order valence-corrected chi connectivity index (χ1v) is 8.28. The van der Waals surface area contributed by atoms with Gasteiger partial charge in [-0.15, -0.1) is 5.10 Å². The molecule has 0 bridgehead atoms. The number of primary amides is 1. The molecule has 0 radical (unpaired) electrons. The van der Waals surface area contributed by atoms with Crippen LogP contribution in [-0.2, 0) is 16.2 Å². The second kappa shape index (κ2) is 8.55. The van der Waals surface area contributed by atoms with E-state index in [4.69, 9.17) is 22.1 Å². The van der Waals surface area contributed by atoms with Crippen molar-refractivity contribution in [2.75, 3.05) is 12.3 Å². The van der Waals surface area contributed by atoms with Crippen molar-refractivity contribution in [3.63, 3.8) is 0 Å². The van der Waals surface area contributed by atoms with Gasteiger partial charge in [0.25, 0.3) is 0 Å². The molecule has 0 saturated carbocycles. The van der Waals surface area contributed by atoms with Gasteiger partial charge in [0.05, 0.1) is 12.3 Å². The average Bonchev–Trinajstić information content (AvgIpc) is 3.00. The zero-order valence-corrected chi connectivity index (χ0v) is 14.4. The lowest BCUT2D eigenvalue weighted by molar-refractivity contribution is -0.123. The number of nitrogens with one attached hydrogen (secondary N) is 2. The Kier molecular flexibility index (Phi) is 6.44. The number of aromatic amines is 1. The first-order valence-electron chi connectivity index (χ1n) is 6.92. The quantitative estimate of drug-likeness (QED) is 0.597. The molecule has 4 N–H and O–H groups in total. The highest BCUT2D eigenvalue weighted by atomic mass is 35.5. The number of nitrogens with two attached hydrogens (primary N) is 1. The molecule has 0 atom stereocenters. The highest BCUT2D eigenvalue weighted by Gasteiger charge is 2.09. The van der Waals surface area contributed by atoms with Gasteiger partial charge in [-0.2, -0.15) is 0 Å². The van der Waals surface area contributed by atoms with Crippen molar-refractivity contribution in [1.29, 1.82) is 0 Å². The maximum absolute atomic E-state index is 11.5. The molecular formula is C14H16ClN5O3S. The van der Waals surface area contributed by atoms with Crippen LogP contribution in [0.15, 0.2) is 23.4 Å². The maximum atomic E-state index is 11.5. The van der Waals surface area contributed by atoms with Crippen LogP contribution in [0.25, 0.3) is 0 Å². The van der Waals surface area contributed by atoms with Gasteiger partial charge in [-0.05, 0) is 30.7 Å². The smallest absolute Gasteiger partial charge is 0.236 e. The van der Waals surface area contributed by atoms with E-state index < -0.39 is 5.91 Å². The van der Waals surface area contributed by atoms with Gasteiger partial charge < -0.3 is 15.8 Å². The molecule has 24 heavy (non-hydrogen) atoms. The molecule has 2 amide bonds. The number of hydrogen-bond acceptors (Lipinski definition) is 6. The first-order chi connectivity index (χ1) is 11.4. The summed E-state index contributed by atoms with van der Waals surface area (Å²) in [6.07, 6.45) is 0. The number of carbonyl (C=O) groups is 2. The second-order valence-corrected chi connectivity index (χ2v) is 6.15. The Morgan fingerprint density at radius 3 is 2.96 bits per heavy atom. The first kappa shape index (κ1) is 18.1. The molecule has 1 heterocycles. The van der Waals surface area contributed by atoms with Gasteiger partial charge in [0.15, 0.2) is 5.82 Å². The lowest BCUT2D eigenvalue weighted by Crippen LogP contribution is -2.34. The summed E-state index contributed by atoms with van der Waals surface area (Å²) in [5, 5.41) is 10.2. The number of H-pyrrole nitrogens is 1. The van der Waals surface area contributed by atoms with E-state index in [1.54, 1.807) is 12.1 Å². The maximum Gasteiger partial charge on any atom is 0.236 e. The fourth-order valence-corrected chi connectivity index (χ4v) is 2.40. The molecule has 0 aliphatic carbocycles. The van der Waals surface area contributed by atoms with E-state index in [0.717, 1.165) is 17.3 Å².